The van der Waals surface area contributed by atoms with Gasteiger partial charge in [-0.2, -0.15) is 0 Å². The lowest BCUT2D eigenvalue weighted by Crippen LogP contribution is -2.38. The molecular weight excluding hydrogens is 216 g/mol. The van der Waals surface area contributed by atoms with Crippen LogP contribution in [-0.2, 0) is 0 Å². The Bertz CT molecular complexity index is 379. The fourth-order valence-electron chi connectivity index (χ4n) is 2.02. The zero-order chi connectivity index (χ0) is 12.1. The molecule has 0 saturated carbocycles. The molecule has 17 heavy (non-hydrogen) atoms. The van der Waals surface area contributed by atoms with E-state index in [9.17, 15) is 0 Å². The standard InChI is InChI=1S/C12H18N4O/c1-13-12(14-2)16-8-6-10(9-16)17-11-5-3-4-7-15-11/h3-5,7,10H,6,8-9H2,1-2H3,(H,13,14). The lowest BCUT2D eigenvalue weighted by Gasteiger charge is -2.19. The van der Waals surface area contributed by atoms with Crippen LogP contribution in [0, 0.1) is 0 Å². The van der Waals surface area contributed by atoms with Crippen LogP contribution in [0.4, 0.5) is 0 Å². The summed E-state index contributed by atoms with van der Waals surface area (Å²) in [4.78, 5) is 10.5. The molecule has 1 N–H and O–H groups in total. The molecule has 1 aliphatic heterocycles. The maximum Gasteiger partial charge on any atom is 0.213 e. The highest BCUT2D eigenvalue weighted by Crippen LogP contribution is 2.15. The third kappa shape index (κ3) is 2.87. The summed E-state index contributed by atoms with van der Waals surface area (Å²) in [5, 5.41) is 3.08. The van der Waals surface area contributed by atoms with Gasteiger partial charge in [0, 0.05) is 39.3 Å². The van der Waals surface area contributed by atoms with Crippen LogP contribution in [0.1, 0.15) is 6.42 Å². The van der Waals surface area contributed by atoms with E-state index in [0.717, 1.165) is 25.5 Å². The van der Waals surface area contributed by atoms with E-state index in [2.05, 4.69) is 20.2 Å². The molecule has 92 valence electrons. The Morgan fingerprint density at radius 1 is 1.59 bits per heavy atom. The summed E-state index contributed by atoms with van der Waals surface area (Å²) in [7, 11) is 3.67. The first-order valence-corrected chi connectivity index (χ1v) is 5.80. The Morgan fingerprint density at radius 2 is 2.47 bits per heavy atom. The Hall–Kier alpha value is -1.78. The average molecular weight is 234 g/mol. The summed E-state index contributed by atoms with van der Waals surface area (Å²) in [5.74, 6) is 1.61. The van der Waals surface area contributed by atoms with Gasteiger partial charge in [-0.15, -0.1) is 0 Å². The molecule has 0 amide bonds. The summed E-state index contributed by atoms with van der Waals surface area (Å²) in [5.41, 5.74) is 0. The lowest BCUT2D eigenvalue weighted by atomic mass is 10.3. The molecule has 2 rings (SSSR count). The third-order valence-electron chi connectivity index (χ3n) is 2.81. The van der Waals surface area contributed by atoms with E-state index in [-0.39, 0.29) is 6.10 Å². The second-order valence-electron chi connectivity index (χ2n) is 3.94. The highest BCUT2D eigenvalue weighted by molar-refractivity contribution is 5.79. The maximum absolute atomic E-state index is 5.81. The Labute approximate surface area is 102 Å². The number of rotatable bonds is 2. The van der Waals surface area contributed by atoms with Gasteiger partial charge in [-0.05, 0) is 6.07 Å². The number of ether oxygens (including phenoxy) is 1. The van der Waals surface area contributed by atoms with Gasteiger partial charge in [0.25, 0.3) is 0 Å². The van der Waals surface area contributed by atoms with Gasteiger partial charge in [0.2, 0.25) is 5.88 Å². The molecule has 5 nitrogen and oxygen atoms in total. The van der Waals surface area contributed by atoms with E-state index in [1.54, 1.807) is 13.2 Å². The molecule has 2 heterocycles. The number of aromatic nitrogens is 1. The van der Waals surface area contributed by atoms with Crippen LogP contribution in [0.3, 0.4) is 0 Å². The van der Waals surface area contributed by atoms with E-state index < -0.39 is 0 Å². The zero-order valence-electron chi connectivity index (χ0n) is 10.3. The molecular formula is C12H18N4O. The monoisotopic (exact) mass is 234 g/mol. The molecule has 1 aliphatic rings. The second-order valence-corrected chi connectivity index (χ2v) is 3.94. The first-order chi connectivity index (χ1) is 8.33. The van der Waals surface area contributed by atoms with Crippen LogP contribution in [0.15, 0.2) is 29.4 Å². The van der Waals surface area contributed by atoms with Crippen molar-refractivity contribution in [3.8, 4) is 5.88 Å². The van der Waals surface area contributed by atoms with E-state index >= 15 is 0 Å². The highest BCUT2D eigenvalue weighted by Gasteiger charge is 2.25. The second kappa shape index (κ2) is 5.52. The summed E-state index contributed by atoms with van der Waals surface area (Å²) >= 11 is 0. The van der Waals surface area contributed by atoms with E-state index in [1.165, 1.54) is 0 Å². The van der Waals surface area contributed by atoms with Crippen LogP contribution in [0.25, 0.3) is 0 Å². The molecule has 1 aromatic heterocycles. The van der Waals surface area contributed by atoms with Crippen molar-refractivity contribution < 1.29 is 4.74 Å². The number of nitrogens with zero attached hydrogens (tertiary/aromatic N) is 3. The number of pyridine rings is 1. The molecule has 1 saturated heterocycles. The number of aliphatic imine (C=N–C) groups is 1. The van der Waals surface area contributed by atoms with Crippen LogP contribution in [0.5, 0.6) is 5.88 Å². The molecule has 0 radical (unpaired) electrons. The number of hydrogen-bond donors (Lipinski definition) is 1. The molecule has 5 heteroatoms. The molecule has 0 aromatic carbocycles. The van der Waals surface area contributed by atoms with Crippen molar-refractivity contribution in [2.45, 2.75) is 12.5 Å². The van der Waals surface area contributed by atoms with Gasteiger partial charge in [-0.1, -0.05) is 6.07 Å². The Kier molecular flexibility index (Phi) is 3.80. The van der Waals surface area contributed by atoms with Crippen LogP contribution < -0.4 is 10.1 Å². The number of hydrogen-bond acceptors (Lipinski definition) is 3. The maximum atomic E-state index is 5.81. The minimum absolute atomic E-state index is 0.190. The number of nitrogens with one attached hydrogen (secondary N) is 1. The summed E-state index contributed by atoms with van der Waals surface area (Å²) in [6.07, 6.45) is 2.93. The topological polar surface area (TPSA) is 49.8 Å². The van der Waals surface area contributed by atoms with Crippen molar-refractivity contribution in [2.24, 2.45) is 4.99 Å². The average Bonchev–Trinajstić information content (AvgIpc) is 2.81. The molecule has 1 unspecified atom stereocenters. The van der Waals surface area contributed by atoms with Gasteiger partial charge in [0.05, 0.1) is 6.54 Å². The predicted octanol–water partition coefficient (Wildman–Crippen LogP) is 0.740. The SMILES string of the molecule is CN=C(NC)N1CCC(Oc2ccccn2)C1. The molecule has 1 fully saturated rings. The Morgan fingerprint density at radius 3 is 3.12 bits per heavy atom. The predicted molar refractivity (Wildman–Crippen MR) is 67.3 cm³/mol. The van der Waals surface area contributed by atoms with Crippen LogP contribution in [0.2, 0.25) is 0 Å². The first kappa shape index (κ1) is 11.7. The van der Waals surface area contributed by atoms with Gasteiger partial charge in [-0.25, -0.2) is 4.98 Å². The first-order valence-electron chi connectivity index (χ1n) is 5.80. The smallest absolute Gasteiger partial charge is 0.213 e. The van der Waals surface area contributed by atoms with Crippen LogP contribution >= 0.6 is 0 Å². The fourth-order valence-corrected chi connectivity index (χ4v) is 2.02. The van der Waals surface area contributed by atoms with Crippen molar-refractivity contribution in [3.05, 3.63) is 24.4 Å². The molecule has 0 spiro atoms. The normalized spacial score (nSPS) is 20.5. The van der Waals surface area contributed by atoms with E-state index in [1.807, 2.05) is 25.2 Å². The minimum atomic E-state index is 0.190. The zero-order valence-corrected chi connectivity index (χ0v) is 10.3. The largest absolute Gasteiger partial charge is 0.472 e. The third-order valence-corrected chi connectivity index (χ3v) is 2.81. The lowest BCUT2D eigenvalue weighted by molar-refractivity contribution is 0.205. The number of guanidine groups is 1. The highest BCUT2D eigenvalue weighted by atomic mass is 16.5. The van der Waals surface area contributed by atoms with Gasteiger partial charge in [0.15, 0.2) is 5.96 Å². The summed E-state index contributed by atoms with van der Waals surface area (Å²) in [6.45, 7) is 1.81. The van der Waals surface area contributed by atoms with E-state index in [0.29, 0.717) is 5.88 Å². The van der Waals surface area contributed by atoms with Crippen molar-refractivity contribution in [1.82, 2.24) is 15.2 Å². The van der Waals surface area contributed by atoms with Crippen molar-refractivity contribution in [2.75, 3.05) is 27.2 Å². The fraction of sp³-hybridized carbons (Fsp3) is 0.500. The van der Waals surface area contributed by atoms with Crippen molar-refractivity contribution in [3.63, 3.8) is 0 Å². The van der Waals surface area contributed by atoms with Crippen LogP contribution in [-0.4, -0.2) is 49.1 Å². The summed E-state index contributed by atoms with van der Waals surface area (Å²) < 4.78 is 5.81. The van der Waals surface area contributed by atoms with E-state index in [4.69, 9.17) is 4.74 Å². The summed E-state index contributed by atoms with van der Waals surface area (Å²) in [6, 6.07) is 5.70. The quantitative estimate of drug-likeness (QED) is 0.605. The van der Waals surface area contributed by atoms with Gasteiger partial charge < -0.3 is 15.0 Å². The van der Waals surface area contributed by atoms with Gasteiger partial charge in [0.1, 0.15) is 6.10 Å². The van der Waals surface area contributed by atoms with Gasteiger partial charge in [-0.3, -0.25) is 4.99 Å². The molecule has 0 bridgehead atoms. The van der Waals surface area contributed by atoms with Crippen molar-refractivity contribution in [1.29, 1.82) is 0 Å². The number of likely N-dealkylation sites (tertiary alicyclic amines) is 1. The van der Waals surface area contributed by atoms with Gasteiger partial charge >= 0.3 is 0 Å². The molecule has 0 aliphatic carbocycles. The molecule has 1 atom stereocenters. The Balaban J connectivity index is 1.90. The minimum Gasteiger partial charge on any atom is -0.472 e. The van der Waals surface area contributed by atoms with Crippen molar-refractivity contribution >= 4 is 5.96 Å². The molecule has 1 aromatic rings.